The summed E-state index contributed by atoms with van der Waals surface area (Å²) in [6.45, 7) is -0.344. The Morgan fingerprint density at radius 3 is 3.06 bits per heavy atom. The number of nitriles is 1. The summed E-state index contributed by atoms with van der Waals surface area (Å²) in [4.78, 5) is 14.8. The molecule has 0 aliphatic carbocycles. The second-order valence-corrected chi connectivity index (χ2v) is 3.07. The van der Waals surface area contributed by atoms with E-state index in [2.05, 4.69) is 4.98 Å². The van der Waals surface area contributed by atoms with E-state index < -0.39 is 11.8 Å². The number of aliphatic hydroxyl groups excluding tert-OH is 1. The summed E-state index contributed by atoms with van der Waals surface area (Å²) >= 11 is 0. The van der Waals surface area contributed by atoms with Crippen molar-refractivity contribution in [2.75, 3.05) is 12.3 Å². The number of hydrogen-bond donors (Lipinski definition) is 2. The van der Waals surface area contributed by atoms with Gasteiger partial charge in [-0.1, -0.05) is 0 Å². The lowest BCUT2D eigenvalue weighted by Gasteiger charge is -2.12. The molecule has 1 aromatic rings. The first kappa shape index (κ1) is 12.2. The van der Waals surface area contributed by atoms with Gasteiger partial charge in [-0.15, -0.1) is 0 Å². The second kappa shape index (κ2) is 5.85. The van der Waals surface area contributed by atoms with Gasteiger partial charge in [0.2, 0.25) is 0 Å². The van der Waals surface area contributed by atoms with Crippen LogP contribution in [0.5, 0.6) is 0 Å². The molecule has 86 valence electrons. The fourth-order valence-electron chi connectivity index (χ4n) is 1.00. The lowest BCUT2D eigenvalue weighted by Crippen LogP contribution is -2.27. The molecule has 7 nitrogen and oxygen atoms in total. The van der Waals surface area contributed by atoms with E-state index >= 15 is 0 Å². The minimum Gasteiger partial charge on any atom is -0.394 e. The summed E-state index contributed by atoms with van der Waals surface area (Å²) < 4.78 is 6.34. The van der Waals surface area contributed by atoms with Crippen molar-refractivity contribution in [3.63, 3.8) is 0 Å². The number of nitrogen functional groups attached to an aromatic ring is 1. The van der Waals surface area contributed by atoms with Crippen LogP contribution in [0.4, 0.5) is 5.82 Å². The Hall–Kier alpha value is -1.91. The molecule has 0 aromatic carbocycles. The summed E-state index contributed by atoms with van der Waals surface area (Å²) in [6, 6.07) is 3.33. The summed E-state index contributed by atoms with van der Waals surface area (Å²) in [5.74, 6) is 0.136. The number of nitrogens with two attached hydrogens (primary N) is 1. The van der Waals surface area contributed by atoms with Crippen LogP contribution in [0.15, 0.2) is 17.1 Å². The molecular formula is C9H12N4O3. The predicted octanol–water partition coefficient (Wildman–Crippen LogP) is -0.926. The highest BCUT2D eigenvalue weighted by Gasteiger charge is 2.07. The molecule has 0 saturated carbocycles. The Labute approximate surface area is 91.7 Å². The van der Waals surface area contributed by atoms with E-state index in [1.165, 1.54) is 16.8 Å². The second-order valence-electron chi connectivity index (χ2n) is 3.07. The highest BCUT2D eigenvalue weighted by Crippen LogP contribution is 1.98. The Bertz CT molecular complexity index is 437. The molecule has 3 N–H and O–H groups in total. The average Bonchev–Trinajstić information content (AvgIpc) is 2.26. The van der Waals surface area contributed by atoms with Crippen molar-refractivity contribution in [1.82, 2.24) is 9.55 Å². The molecule has 0 spiro atoms. The number of aliphatic hydroxyl groups is 1. The van der Waals surface area contributed by atoms with Crippen LogP contribution >= 0.6 is 0 Å². The maximum Gasteiger partial charge on any atom is 0.351 e. The van der Waals surface area contributed by atoms with Gasteiger partial charge in [-0.25, -0.2) is 4.79 Å². The maximum atomic E-state index is 11.3. The maximum absolute atomic E-state index is 11.3. The largest absolute Gasteiger partial charge is 0.394 e. The van der Waals surface area contributed by atoms with Crippen LogP contribution in [0, 0.1) is 11.3 Å². The van der Waals surface area contributed by atoms with Crippen LogP contribution in [-0.4, -0.2) is 27.4 Å². The lowest BCUT2D eigenvalue weighted by atomic mass is 10.3. The molecule has 16 heavy (non-hydrogen) atoms. The van der Waals surface area contributed by atoms with Gasteiger partial charge in [-0.05, 0) is 6.07 Å². The molecule has 0 saturated heterocycles. The Kier molecular flexibility index (Phi) is 4.44. The van der Waals surface area contributed by atoms with E-state index in [-0.39, 0.29) is 25.6 Å². The molecule has 0 aliphatic heterocycles. The monoisotopic (exact) mass is 224 g/mol. The molecule has 1 aromatic heterocycles. The topological polar surface area (TPSA) is 114 Å². The zero-order valence-corrected chi connectivity index (χ0v) is 8.54. The number of nitrogens with zero attached hydrogens (tertiary/aromatic N) is 3. The van der Waals surface area contributed by atoms with Gasteiger partial charge in [-0.3, -0.25) is 4.57 Å². The summed E-state index contributed by atoms with van der Waals surface area (Å²) in [5, 5.41) is 17.3. The number of rotatable bonds is 5. The minimum atomic E-state index is -0.602. The Balaban J connectivity index is 2.61. The first-order valence-corrected chi connectivity index (χ1v) is 4.59. The van der Waals surface area contributed by atoms with Crippen molar-refractivity contribution in [2.24, 2.45) is 0 Å². The van der Waals surface area contributed by atoms with Crippen molar-refractivity contribution in [1.29, 1.82) is 5.26 Å². The normalized spacial score (nSPS) is 12.0. The number of anilines is 1. The summed E-state index contributed by atoms with van der Waals surface area (Å²) in [7, 11) is 0. The quantitative estimate of drug-likeness (QED) is 0.668. The third-order valence-electron chi connectivity index (χ3n) is 1.87. The molecule has 1 rings (SSSR count). The number of ether oxygens (including phenoxy) is 1. The smallest absolute Gasteiger partial charge is 0.351 e. The highest BCUT2D eigenvalue weighted by atomic mass is 16.5. The van der Waals surface area contributed by atoms with Crippen LogP contribution in [0.2, 0.25) is 0 Å². The molecule has 0 radical (unpaired) electrons. The fraction of sp³-hybridized carbons (Fsp3) is 0.444. The van der Waals surface area contributed by atoms with Crippen molar-refractivity contribution < 1.29 is 9.84 Å². The predicted molar refractivity (Wildman–Crippen MR) is 55.1 cm³/mol. The van der Waals surface area contributed by atoms with Crippen molar-refractivity contribution in [3.05, 3.63) is 22.7 Å². The van der Waals surface area contributed by atoms with E-state index in [0.717, 1.165) is 0 Å². The lowest BCUT2D eigenvalue weighted by molar-refractivity contribution is -0.0224. The van der Waals surface area contributed by atoms with Crippen molar-refractivity contribution in [2.45, 2.75) is 19.3 Å². The van der Waals surface area contributed by atoms with Gasteiger partial charge in [0.15, 0.2) is 0 Å². The average molecular weight is 224 g/mol. The van der Waals surface area contributed by atoms with E-state index in [4.69, 9.17) is 20.8 Å². The first-order valence-electron chi connectivity index (χ1n) is 4.59. The highest BCUT2D eigenvalue weighted by molar-refractivity contribution is 5.23. The third-order valence-corrected chi connectivity index (χ3v) is 1.87. The van der Waals surface area contributed by atoms with E-state index in [0.29, 0.717) is 0 Å². The SMILES string of the molecule is N#CCC(CO)OCn1ccc(N)nc1=O. The molecule has 1 heterocycles. The van der Waals surface area contributed by atoms with Gasteiger partial charge in [0, 0.05) is 6.20 Å². The molecule has 1 unspecified atom stereocenters. The van der Waals surface area contributed by atoms with Crippen LogP contribution in [0.25, 0.3) is 0 Å². The van der Waals surface area contributed by atoms with Gasteiger partial charge in [-0.2, -0.15) is 10.2 Å². The van der Waals surface area contributed by atoms with Crippen molar-refractivity contribution in [3.8, 4) is 6.07 Å². The molecular weight excluding hydrogens is 212 g/mol. The van der Waals surface area contributed by atoms with Crippen LogP contribution in [-0.2, 0) is 11.5 Å². The summed E-state index contributed by atoms with van der Waals surface area (Å²) in [5.41, 5.74) is 4.78. The van der Waals surface area contributed by atoms with Gasteiger partial charge < -0.3 is 15.6 Å². The van der Waals surface area contributed by atoms with Crippen LogP contribution in [0.3, 0.4) is 0 Å². The van der Waals surface area contributed by atoms with E-state index in [9.17, 15) is 4.79 Å². The van der Waals surface area contributed by atoms with Gasteiger partial charge >= 0.3 is 5.69 Å². The fourth-order valence-corrected chi connectivity index (χ4v) is 1.00. The Morgan fingerprint density at radius 1 is 1.75 bits per heavy atom. The van der Waals surface area contributed by atoms with Gasteiger partial charge in [0.05, 0.1) is 25.2 Å². The standard InChI is InChI=1S/C9H12N4O3/c10-3-1-7(5-14)16-6-13-4-2-8(11)12-9(13)15/h2,4,7,14H,1,5-6H2,(H2,11,12,15). The van der Waals surface area contributed by atoms with Crippen LogP contribution in [0.1, 0.15) is 6.42 Å². The molecule has 1 atom stereocenters. The van der Waals surface area contributed by atoms with Crippen molar-refractivity contribution >= 4 is 5.82 Å². The van der Waals surface area contributed by atoms with E-state index in [1.807, 2.05) is 6.07 Å². The van der Waals surface area contributed by atoms with Gasteiger partial charge in [0.25, 0.3) is 0 Å². The molecule has 7 heteroatoms. The summed E-state index contributed by atoms with van der Waals surface area (Å²) in [6.07, 6.45) is 0.897. The number of aromatic nitrogens is 2. The zero-order valence-electron chi connectivity index (χ0n) is 8.54. The minimum absolute atomic E-state index is 0.0631. The molecule has 0 fully saturated rings. The van der Waals surface area contributed by atoms with Crippen LogP contribution < -0.4 is 11.4 Å². The Morgan fingerprint density at radius 2 is 2.50 bits per heavy atom. The molecule has 0 bridgehead atoms. The zero-order chi connectivity index (χ0) is 12.0. The first-order chi connectivity index (χ1) is 7.67. The molecule has 0 amide bonds. The third kappa shape index (κ3) is 3.34. The molecule has 0 aliphatic rings. The van der Waals surface area contributed by atoms with Gasteiger partial charge in [0.1, 0.15) is 12.5 Å². The number of hydrogen-bond acceptors (Lipinski definition) is 6. The van der Waals surface area contributed by atoms with E-state index in [1.54, 1.807) is 0 Å².